The van der Waals surface area contributed by atoms with Crippen LogP contribution in [0, 0.1) is 0 Å². The molecule has 1 saturated carbocycles. The second kappa shape index (κ2) is 5.95. The van der Waals surface area contributed by atoms with Crippen LogP contribution in [0.2, 0.25) is 0 Å². The highest BCUT2D eigenvalue weighted by molar-refractivity contribution is 5.90. The molecule has 0 heterocycles. The maximum atomic E-state index is 11.4. The van der Waals surface area contributed by atoms with Crippen molar-refractivity contribution in [3.05, 3.63) is 11.6 Å². The Morgan fingerprint density at radius 2 is 2.00 bits per heavy atom. The van der Waals surface area contributed by atoms with Crippen molar-refractivity contribution in [3.63, 3.8) is 0 Å². The Morgan fingerprint density at radius 1 is 1.31 bits per heavy atom. The molecule has 13 heavy (non-hydrogen) atoms. The van der Waals surface area contributed by atoms with E-state index in [1.165, 1.54) is 44.1 Å². The van der Waals surface area contributed by atoms with Gasteiger partial charge in [-0.1, -0.05) is 25.3 Å². The molecule has 0 amide bonds. The lowest BCUT2D eigenvalue weighted by Gasteiger charge is -1.96. The Bertz CT molecular complexity index is 183. The van der Waals surface area contributed by atoms with E-state index >= 15 is 0 Å². The van der Waals surface area contributed by atoms with Crippen molar-refractivity contribution in [2.24, 2.45) is 0 Å². The predicted octanol–water partition coefficient (Wildman–Crippen LogP) is 3.64. The molecular formula is C12H20O. The zero-order valence-corrected chi connectivity index (χ0v) is 8.64. The minimum Gasteiger partial charge on any atom is -0.295 e. The SMILES string of the molecule is CCCCCC(=O)C=C1CCCC1. The highest BCUT2D eigenvalue weighted by atomic mass is 16.1. The second-order valence-electron chi connectivity index (χ2n) is 3.93. The number of carbonyl (C=O) groups excluding carboxylic acids is 1. The number of carbonyl (C=O) groups is 1. The summed E-state index contributed by atoms with van der Waals surface area (Å²) in [4.78, 5) is 11.4. The monoisotopic (exact) mass is 180 g/mol. The van der Waals surface area contributed by atoms with Crippen LogP contribution >= 0.6 is 0 Å². The van der Waals surface area contributed by atoms with Gasteiger partial charge in [0.05, 0.1) is 0 Å². The van der Waals surface area contributed by atoms with Crippen molar-refractivity contribution in [2.75, 3.05) is 0 Å². The summed E-state index contributed by atoms with van der Waals surface area (Å²) >= 11 is 0. The molecule has 1 nitrogen and oxygen atoms in total. The maximum absolute atomic E-state index is 11.4. The zero-order valence-electron chi connectivity index (χ0n) is 8.64. The predicted molar refractivity (Wildman–Crippen MR) is 55.7 cm³/mol. The normalized spacial score (nSPS) is 16.2. The van der Waals surface area contributed by atoms with Crippen LogP contribution in [0.15, 0.2) is 11.6 Å². The van der Waals surface area contributed by atoms with Crippen LogP contribution in [-0.2, 0) is 4.79 Å². The van der Waals surface area contributed by atoms with E-state index in [0.29, 0.717) is 5.78 Å². The van der Waals surface area contributed by atoms with E-state index in [1.807, 2.05) is 6.08 Å². The molecule has 0 aliphatic heterocycles. The van der Waals surface area contributed by atoms with Crippen LogP contribution in [0.25, 0.3) is 0 Å². The van der Waals surface area contributed by atoms with Crippen LogP contribution in [0.4, 0.5) is 0 Å². The van der Waals surface area contributed by atoms with Gasteiger partial charge in [0.15, 0.2) is 5.78 Å². The van der Waals surface area contributed by atoms with Gasteiger partial charge in [-0.15, -0.1) is 0 Å². The molecule has 0 bridgehead atoms. The van der Waals surface area contributed by atoms with Crippen LogP contribution in [0.3, 0.4) is 0 Å². The molecule has 0 aromatic rings. The molecule has 1 heteroatoms. The summed E-state index contributed by atoms with van der Waals surface area (Å²) in [6, 6.07) is 0. The average molecular weight is 180 g/mol. The van der Waals surface area contributed by atoms with Crippen LogP contribution in [0.1, 0.15) is 58.3 Å². The van der Waals surface area contributed by atoms with E-state index in [1.54, 1.807) is 0 Å². The fraction of sp³-hybridized carbons (Fsp3) is 0.750. The molecule has 0 N–H and O–H groups in total. The van der Waals surface area contributed by atoms with Crippen molar-refractivity contribution < 1.29 is 4.79 Å². The van der Waals surface area contributed by atoms with E-state index in [0.717, 1.165) is 12.8 Å². The molecule has 0 saturated heterocycles. The molecule has 0 radical (unpaired) electrons. The van der Waals surface area contributed by atoms with Gasteiger partial charge in [0, 0.05) is 6.42 Å². The van der Waals surface area contributed by atoms with Crippen LogP contribution in [0.5, 0.6) is 0 Å². The molecule has 0 aromatic carbocycles. The number of hydrogen-bond donors (Lipinski definition) is 0. The Morgan fingerprint density at radius 3 is 2.62 bits per heavy atom. The second-order valence-corrected chi connectivity index (χ2v) is 3.93. The quantitative estimate of drug-likeness (QED) is 0.466. The summed E-state index contributed by atoms with van der Waals surface area (Å²) in [5.41, 5.74) is 1.39. The van der Waals surface area contributed by atoms with Crippen molar-refractivity contribution >= 4 is 5.78 Å². The van der Waals surface area contributed by atoms with Crippen molar-refractivity contribution in [3.8, 4) is 0 Å². The smallest absolute Gasteiger partial charge is 0.155 e. The largest absolute Gasteiger partial charge is 0.295 e. The van der Waals surface area contributed by atoms with Crippen LogP contribution < -0.4 is 0 Å². The summed E-state index contributed by atoms with van der Waals surface area (Å²) in [5, 5.41) is 0. The summed E-state index contributed by atoms with van der Waals surface area (Å²) in [6.07, 6.45) is 11.0. The van der Waals surface area contributed by atoms with Crippen LogP contribution in [-0.4, -0.2) is 5.78 Å². The molecule has 0 spiro atoms. The Hall–Kier alpha value is -0.590. The van der Waals surface area contributed by atoms with E-state index in [2.05, 4.69) is 6.92 Å². The highest BCUT2D eigenvalue weighted by Gasteiger charge is 2.07. The van der Waals surface area contributed by atoms with E-state index in [9.17, 15) is 4.79 Å². The van der Waals surface area contributed by atoms with Crippen molar-refractivity contribution in [1.29, 1.82) is 0 Å². The topological polar surface area (TPSA) is 17.1 Å². The Balaban J connectivity index is 2.19. The molecule has 0 atom stereocenters. The van der Waals surface area contributed by atoms with Gasteiger partial charge < -0.3 is 0 Å². The average Bonchev–Trinajstić information content (AvgIpc) is 2.57. The first kappa shape index (κ1) is 10.5. The van der Waals surface area contributed by atoms with Crippen molar-refractivity contribution in [1.82, 2.24) is 0 Å². The summed E-state index contributed by atoms with van der Waals surface area (Å²) < 4.78 is 0. The lowest BCUT2D eigenvalue weighted by atomic mass is 10.1. The minimum absolute atomic E-state index is 0.352. The van der Waals surface area contributed by atoms with E-state index in [4.69, 9.17) is 0 Å². The fourth-order valence-electron chi connectivity index (χ4n) is 1.82. The molecule has 1 aliphatic rings. The van der Waals surface area contributed by atoms with Gasteiger partial charge >= 0.3 is 0 Å². The van der Waals surface area contributed by atoms with E-state index in [-0.39, 0.29) is 0 Å². The molecule has 0 aromatic heterocycles. The maximum Gasteiger partial charge on any atom is 0.155 e. The first-order chi connectivity index (χ1) is 6.33. The number of rotatable bonds is 5. The molecule has 1 rings (SSSR count). The molecular weight excluding hydrogens is 160 g/mol. The van der Waals surface area contributed by atoms with Gasteiger partial charge in [-0.25, -0.2) is 0 Å². The van der Waals surface area contributed by atoms with Gasteiger partial charge in [-0.05, 0) is 38.2 Å². The first-order valence-corrected chi connectivity index (χ1v) is 5.55. The Labute approximate surface area is 81.2 Å². The number of unbranched alkanes of at least 4 members (excludes halogenated alkanes) is 2. The van der Waals surface area contributed by atoms with E-state index < -0.39 is 0 Å². The zero-order chi connectivity index (χ0) is 9.52. The Kier molecular flexibility index (Phi) is 4.81. The van der Waals surface area contributed by atoms with Crippen molar-refractivity contribution in [2.45, 2.75) is 58.3 Å². The third-order valence-corrected chi connectivity index (χ3v) is 2.64. The minimum atomic E-state index is 0.352. The summed E-state index contributed by atoms with van der Waals surface area (Å²) in [5.74, 6) is 0.352. The van der Waals surface area contributed by atoms with Gasteiger partial charge in [-0.3, -0.25) is 4.79 Å². The molecule has 74 valence electrons. The standard InChI is InChI=1S/C12H20O/c1-2-3-4-9-12(13)10-11-7-5-6-8-11/h10H,2-9H2,1H3. The summed E-state index contributed by atoms with van der Waals surface area (Å²) in [6.45, 7) is 2.17. The van der Waals surface area contributed by atoms with Gasteiger partial charge in [0.1, 0.15) is 0 Å². The first-order valence-electron chi connectivity index (χ1n) is 5.55. The number of allylic oxidation sites excluding steroid dienone is 2. The highest BCUT2D eigenvalue weighted by Crippen LogP contribution is 2.23. The third kappa shape index (κ3) is 4.25. The number of ketones is 1. The summed E-state index contributed by atoms with van der Waals surface area (Å²) in [7, 11) is 0. The third-order valence-electron chi connectivity index (χ3n) is 2.64. The molecule has 1 aliphatic carbocycles. The lowest BCUT2D eigenvalue weighted by molar-refractivity contribution is -0.114. The number of hydrogen-bond acceptors (Lipinski definition) is 1. The van der Waals surface area contributed by atoms with Gasteiger partial charge in [0.2, 0.25) is 0 Å². The molecule has 1 fully saturated rings. The lowest BCUT2D eigenvalue weighted by Crippen LogP contribution is -1.93. The fourth-order valence-corrected chi connectivity index (χ4v) is 1.82. The van der Waals surface area contributed by atoms with Gasteiger partial charge in [-0.2, -0.15) is 0 Å². The van der Waals surface area contributed by atoms with Gasteiger partial charge in [0.25, 0.3) is 0 Å². The molecule has 0 unspecified atom stereocenters.